The minimum absolute atomic E-state index is 0.0908. The Morgan fingerprint density at radius 2 is 2.08 bits per heavy atom. The van der Waals surface area contributed by atoms with Crippen LogP contribution in [-0.4, -0.2) is 31.2 Å². The molecule has 72 valence electrons. The summed E-state index contributed by atoms with van der Waals surface area (Å²) in [6.07, 6.45) is 0.332. The Balaban J connectivity index is 2.66. The second-order valence-electron chi connectivity index (χ2n) is 4.64. The average molecular weight is 173 g/mol. The first-order valence-electron chi connectivity index (χ1n) is 4.79. The van der Waals surface area contributed by atoms with E-state index in [9.17, 15) is 4.39 Å². The number of halogens is 1. The second-order valence-corrected chi connectivity index (χ2v) is 4.64. The van der Waals surface area contributed by atoms with Crippen molar-refractivity contribution in [1.29, 1.82) is 0 Å². The van der Waals surface area contributed by atoms with Gasteiger partial charge in [-0.1, -0.05) is 20.8 Å². The quantitative estimate of drug-likeness (QED) is 0.588. The zero-order chi connectivity index (χ0) is 9.35. The molecule has 0 bridgehead atoms. The molecule has 1 rings (SSSR count). The minimum Gasteiger partial charge on any atom is -0.303 e. The lowest BCUT2D eigenvalue weighted by Gasteiger charge is -2.43. The van der Waals surface area contributed by atoms with Crippen LogP contribution < -0.4 is 0 Å². The highest BCUT2D eigenvalue weighted by Gasteiger charge is 2.40. The second kappa shape index (κ2) is 3.33. The number of hydrogen-bond acceptors (Lipinski definition) is 1. The van der Waals surface area contributed by atoms with Crippen LogP contribution in [0.4, 0.5) is 4.39 Å². The monoisotopic (exact) mass is 173 g/mol. The van der Waals surface area contributed by atoms with Crippen LogP contribution in [0.2, 0.25) is 0 Å². The Morgan fingerprint density at radius 1 is 1.50 bits per heavy atom. The first-order valence-corrected chi connectivity index (χ1v) is 4.79. The molecule has 1 heterocycles. The predicted octanol–water partition coefficient (Wildman–Crippen LogP) is 2.32. The van der Waals surface area contributed by atoms with Crippen molar-refractivity contribution >= 4 is 0 Å². The van der Waals surface area contributed by atoms with Gasteiger partial charge in [0.2, 0.25) is 0 Å². The Bertz CT molecular complexity index is 158. The van der Waals surface area contributed by atoms with E-state index in [-0.39, 0.29) is 5.41 Å². The summed E-state index contributed by atoms with van der Waals surface area (Å²) in [4.78, 5) is 2.08. The molecule has 1 saturated heterocycles. The van der Waals surface area contributed by atoms with E-state index >= 15 is 0 Å². The van der Waals surface area contributed by atoms with E-state index in [1.54, 1.807) is 0 Å². The van der Waals surface area contributed by atoms with Crippen molar-refractivity contribution in [1.82, 2.24) is 4.90 Å². The van der Waals surface area contributed by atoms with Crippen LogP contribution in [0, 0.1) is 11.3 Å². The first-order chi connectivity index (χ1) is 5.47. The highest BCUT2D eigenvalue weighted by atomic mass is 19.1. The molecule has 0 saturated carbocycles. The van der Waals surface area contributed by atoms with E-state index in [4.69, 9.17) is 0 Å². The molecule has 1 nitrogen and oxygen atoms in total. The van der Waals surface area contributed by atoms with Gasteiger partial charge in [-0.25, -0.2) is 4.39 Å². The summed E-state index contributed by atoms with van der Waals surface area (Å²) in [5.41, 5.74) is -0.0908. The maximum absolute atomic E-state index is 13.7. The number of nitrogens with zero attached hydrogens (tertiary/aromatic N) is 1. The number of piperidine rings is 1. The summed E-state index contributed by atoms with van der Waals surface area (Å²) >= 11 is 0. The van der Waals surface area contributed by atoms with Crippen molar-refractivity contribution in [2.75, 3.05) is 20.1 Å². The number of rotatable bonds is 1. The SMILES string of the molecule is CC(C)C1(C)CCN(C)CC1F. The molecule has 1 aliphatic heterocycles. The summed E-state index contributed by atoms with van der Waals surface area (Å²) < 4.78 is 13.7. The van der Waals surface area contributed by atoms with Crippen molar-refractivity contribution in [3.8, 4) is 0 Å². The molecule has 2 unspecified atom stereocenters. The van der Waals surface area contributed by atoms with Crippen LogP contribution in [-0.2, 0) is 0 Å². The van der Waals surface area contributed by atoms with Gasteiger partial charge in [0.1, 0.15) is 6.17 Å². The molecule has 0 aromatic heterocycles. The zero-order valence-corrected chi connectivity index (χ0v) is 8.60. The molecule has 2 heteroatoms. The topological polar surface area (TPSA) is 3.24 Å². The van der Waals surface area contributed by atoms with Gasteiger partial charge < -0.3 is 4.90 Å². The van der Waals surface area contributed by atoms with Gasteiger partial charge in [-0.3, -0.25) is 0 Å². The maximum Gasteiger partial charge on any atom is 0.118 e. The molecule has 1 aliphatic rings. The van der Waals surface area contributed by atoms with Gasteiger partial charge in [0.25, 0.3) is 0 Å². The first kappa shape index (κ1) is 9.97. The van der Waals surface area contributed by atoms with Crippen LogP contribution >= 0.6 is 0 Å². The highest BCUT2D eigenvalue weighted by molar-refractivity contribution is 4.91. The van der Waals surface area contributed by atoms with Crippen molar-refractivity contribution in [2.24, 2.45) is 11.3 Å². The molecule has 0 amide bonds. The van der Waals surface area contributed by atoms with Gasteiger partial charge in [-0.15, -0.1) is 0 Å². The highest BCUT2D eigenvalue weighted by Crippen LogP contribution is 2.39. The Labute approximate surface area is 74.9 Å². The molecule has 1 fully saturated rings. The third-order valence-electron chi connectivity index (χ3n) is 3.54. The van der Waals surface area contributed by atoms with Crippen LogP contribution in [0.15, 0.2) is 0 Å². The maximum atomic E-state index is 13.7. The Kier molecular flexibility index (Phi) is 2.77. The van der Waals surface area contributed by atoms with E-state index < -0.39 is 6.17 Å². The number of alkyl halides is 1. The predicted molar refractivity (Wildman–Crippen MR) is 50.0 cm³/mol. The van der Waals surface area contributed by atoms with Crippen molar-refractivity contribution in [3.05, 3.63) is 0 Å². The molecule has 12 heavy (non-hydrogen) atoms. The standard InChI is InChI=1S/C10H20FN/c1-8(2)10(3)5-6-12(4)7-9(10)11/h8-9H,5-7H2,1-4H3. The fraction of sp³-hybridized carbons (Fsp3) is 1.00. The van der Waals surface area contributed by atoms with Gasteiger partial charge in [0.05, 0.1) is 0 Å². The van der Waals surface area contributed by atoms with Crippen molar-refractivity contribution < 1.29 is 4.39 Å². The summed E-state index contributed by atoms with van der Waals surface area (Å²) in [5, 5.41) is 0. The van der Waals surface area contributed by atoms with Crippen LogP contribution in [0.3, 0.4) is 0 Å². The van der Waals surface area contributed by atoms with Gasteiger partial charge in [0.15, 0.2) is 0 Å². The molecular weight excluding hydrogens is 153 g/mol. The fourth-order valence-corrected chi connectivity index (χ4v) is 1.81. The molecule has 0 spiro atoms. The fourth-order valence-electron chi connectivity index (χ4n) is 1.81. The largest absolute Gasteiger partial charge is 0.303 e. The van der Waals surface area contributed by atoms with E-state index in [0.717, 1.165) is 13.0 Å². The molecule has 0 radical (unpaired) electrons. The Morgan fingerprint density at radius 3 is 2.50 bits per heavy atom. The normalized spacial score (nSPS) is 39.0. The Hall–Kier alpha value is -0.110. The lowest BCUT2D eigenvalue weighted by atomic mass is 9.70. The van der Waals surface area contributed by atoms with Crippen LogP contribution in [0.5, 0.6) is 0 Å². The van der Waals surface area contributed by atoms with E-state index in [0.29, 0.717) is 12.5 Å². The van der Waals surface area contributed by atoms with E-state index in [2.05, 4.69) is 25.7 Å². The summed E-state index contributed by atoms with van der Waals surface area (Å²) in [7, 11) is 1.99. The van der Waals surface area contributed by atoms with Crippen molar-refractivity contribution in [2.45, 2.75) is 33.4 Å². The summed E-state index contributed by atoms with van der Waals surface area (Å²) in [6.45, 7) is 7.97. The van der Waals surface area contributed by atoms with Gasteiger partial charge in [0, 0.05) is 12.0 Å². The zero-order valence-electron chi connectivity index (χ0n) is 8.60. The average Bonchev–Trinajstić information content (AvgIpc) is 1.97. The molecule has 2 atom stereocenters. The van der Waals surface area contributed by atoms with Crippen LogP contribution in [0.1, 0.15) is 27.2 Å². The lowest BCUT2D eigenvalue weighted by molar-refractivity contribution is -0.00330. The van der Waals surface area contributed by atoms with Crippen LogP contribution in [0.25, 0.3) is 0 Å². The van der Waals surface area contributed by atoms with E-state index in [1.807, 2.05) is 7.05 Å². The smallest absolute Gasteiger partial charge is 0.118 e. The molecule has 0 aromatic carbocycles. The van der Waals surface area contributed by atoms with Gasteiger partial charge >= 0.3 is 0 Å². The number of hydrogen-bond donors (Lipinski definition) is 0. The van der Waals surface area contributed by atoms with Crippen molar-refractivity contribution in [3.63, 3.8) is 0 Å². The molecule has 0 aromatic rings. The number of likely N-dealkylation sites (tertiary alicyclic amines) is 1. The summed E-state index contributed by atoms with van der Waals surface area (Å²) in [5.74, 6) is 0.446. The summed E-state index contributed by atoms with van der Waals surface area (Å²) in [6, 6.07) is 0. The lowest BCUT2D eigenvalue weighted by Crippen LogP contribution is -2.48. The minimum atomic E-state index is -0.656. The van der Waals surface area contributed by atoms with E-state index in [1.165, 1.54) is 0 Å². The molecular formula is C10H20FN. The van der Waals surface area contributed by atoms with Gasteiger partial charge in [-0.2, -0.15) is 0 Å². The van der Waals surface area contributed by atoms with Gasteiger partial charge in [-0.05, 0) is 25.9 Å². The third kappa shape index (κ3) is 1.63. The third-order valence-corrected chi connectivity index (χ3v) is 3.54. The molecule has 0 aliphatic carbocycles. The molecule has 0 N–H and O–H groups in total.